The minimum Gasteiger partial charge on any atom is -0.506 e. The summed E-state index contributed by atoms with van der Waals surface area (Å²) in [7, 11) is 1.25. The predicted molar refractivity (Wildman–Crippen MR) is 137 cm³/mol. The lowest BCUT2D eigenvalue weighted by molar-refractivity contribution is 0.0600. The average molecular weight is 509 g/mol. The number of ether oxygens (including phenoxy) is 1. The molecule has 9 heteroatoms. The first-order chi connectivity index (χ1) is 16.8. The molecular weight excluding hydrogens is 491 g/mol. The number of hydrogen-bond acceptors (Lipinski definition) is 6. The molecule has 0 unspecified atom stereocenters. The van der Waals surface area contributed by atoms with Crippen molar-refractivity contribution in [3.63, 3.8) is 0 Å². The number of aromatic hydroxyl groups is 2. The first-order valence-electron chi connectivity index (χ1n) is 10.2. The number of rotatable bonds is 5. The number of phenolic OH excluding ortho intramolecular Hbond substituents is 2. The van der Waals surface area contributed by atoms with Crippen LogP contribution >= 0.6 is 23.2 Å². The molecule has 3 N–H and O–H groups in total. The molecule has 4 rings (SSSR count). The van der Waals surface area contributed by atoms with Crippen LogP contribution in [-0.2, 0) is 4.74 Å². The molecule has 0 saturated carbocycles. The van der Waals surface area contributed by atoms with E-state index >= 15 is 0 Å². The zero-order valence-electron chi connectivity index (χ0n) is 18.3. The summed E-state index contributed by atoms with van der Waals surface area (Å²) >= 11 is 12.2. The van der Waals surface area contributed by atoms with Crippen LogP contribution in [0.4, 0.5) is 11.4 Å². The smallest absolute Gasteiger partial charge is 0.337 e. The molecular formula is C26H18Cl2N2O5. The lowest BCUT2D eigenvalue weighted by Gasteiger charge is -2.13. The van der Waals surface area contributed by atoms with Crippen LogP contribution in [0.15, 0.2) is 71.7 Å². The second-order valence-electron chi connectivity index (χ2n) is 7.44. The lowest BCUT2D eigenvalue weighted by atomic mass is 9.99. The van der Waals surface area contributed by atoms with Crippen molar-refractivity contribution < 1.29 is 24.5 Å². The second kappa shape index (κ2) is 10.0. The second-order valence-corrected chi connectivity index (χ2v) is 8.28. The van der Waals surface area contributed by atoms with Crippen molar-refractivity contribution in [2.75, 3.05) is 12.4 Å². The monoisotopic (exact) mass is 508 g/mol. The highest BCUT2D eigenvalue weighted by atomic mass is 35.5. The molecule has 1 amide bonds. The molecule has 0 spiro atoms. The van der Waals surface area contributed by atoms with Crippen LogP contribution in [0.2, 0.25) is 10.0 Å². The van der Waals surface area contributed by atoms with Gasteiger partial charge in [-0.3, -0.25) is 9.79 Å². The summed E-state index contributed by atoms with van der Waals surface area (Å²) in [5.74, 6) is -1.70. The number of carbonyl (C=O) groups excluding carboxylic acids is 2. The summed E-state index contributed by atoms with van der Waals surface area (Å²) in [6.45, 7) is 0. The van der Waals surface area contributed by atoms with E-state index in [1.54, 1.807) is 42.5 Å². The fourth-order valence-corrected chi connectivity index (χ4v) is 3.79. The summed E-state index contributed by atoms with van der Waals surface area (Å²) in [5.41, 5.74) is 0.786. The van der Waals surface area contributed by atoms with Gasteiger partial charge in [-0.2, -0.15) is 0 Å². The van der Waals surface area contributed by atoms with Gasteiger partial charge in [0.25, 0.3) is 5.91 Å². The van der Waals surface area contributed by atoms with Gasteiger partial charge >= 0.3 is 5.97 Å². The van der Waals surface area contributed by atoms with Crippen molar-refractivity contribution in [2.24, 2.45) is 4.99 Å². The highest BCUT2D eigenvalue weighted by Gasteiger charge is 2.19. The maximum atomic E-state index is 13.1. The Bertz CT molecular complexity index is 1500. The van der Waals surface area contributed by atoms with E-state index in [1.165, 1.54) is 37.6 Å². The SMILES string of the molecule is COC(=O)c1ccc(O)c(N=Cc2c(O)c(C(=O)Nc3cc(Cl)ccc3Cl)cc3ccccc23)c1. The van der Waals surface area contributed by atoms with Crippen LogP contribution in [0.25, 0.3) is 10.8 Å². The summed E-state index contributed by atoms with van der Waals surface area (Å²) in [5, 5.41) is 25.8. The molecule has 35 heavy (non-hydrogen) atoms. The molecule has 0 aromatic heterocycles. The van der Waals surface area contributed by atoms with Gasteiger partial charge in [-0.25, -0.2) is 4.79 Å². The number of hydrogen-bond donors (Lipinski definition) is 3. The molecule has 0 aliphatic rings. The van der Waals surface area contributed by atoms with Gasteiger partial charge in [-0.1, -0.05) is 47.5 Å². The van der Waals surface area contributed by atoms with Crippen molar-refractivity contribution in [2.45, 2.75) is 0 Å². The number of esters is 1. The summed E-state index contributed by atoms with van der Waals surface area (Å²) in [6.07, 6.45) is 1.32. The fourth-order valence-electron chi connectivity index (χ4n) is 3.46. The van der Waals surface area contributed by atoms with Crippen LogP contribution in [0.1, 0.15) is 26.3 Å². The number of carbonyl (C=O) groups is 2. The third-order valence-electron chi connectivity index (χ3n) is 5.21. The van der Waals surface area contributed by atoms with Gasteiger partial charge in [0.15, 0.2) is 0 Å². The number of methoxy groups -OCH3 is 1. The number of amides is 1. The van der Waals surface area contributed by atoms with Crippen molar-refractivity contribution in [3.8, 4) is 11.5 Å². The van der Waals surface area contributed by atoms with E-state index < -0.39 is 11.9 Å². The summed E-state index contributed by atoms with van der Waals surface area (Å²) in [6, 6.07) is 17.4. The Kier molecular flexibility index (Phi) is 6.91. The lowest BCUT2D eigenvalue weighted by Crippen LogP contribution is -2.13. The molecule has 0 aliphatic heterocycles. The Morgan fingerprint density at radius 3 is 2.54 bits per heavy atom. The van der Waals surface area contributed by atoms with Gasteiger partial charge in [-0.05, 0) is 53.2 Å². The van der Waals surface area contributed by atoms with Gasteiger partial charge in [0, 0.05) is 16.8 Å². The van der Waals surface area contributed by atoms with Gasteiger partial charge in [-0.15, -0.1) is 0 Å². The van der Waals surface area contributed by atoms with Crippen LogP contribution in [-0.4, -0.2) is 35.4 Å². The largest absolute Gasteiger partial charge is 0.506 e. The van der Waals surface area contributed by atoms with Gasteiger partial charge in [0.1, 0.15) is 17.2 Å². The molecule has 0 saturated heterocycles. The summed E-state index contributed by atoms with van der Waals surface area (Å²) < 4.78 is 4.70. The quantitative estimate of drug-likeness (QED) is 0.215. The Hall–Kier alpha value is -4.07. The number of benzene rings is 4. The van der Waals surface area contributed by atoms with Crippen molar-refractivity contribution >= 4 is 63.4 Å². The summed E-state index contributed by atoms with van der Waals surface area (Å²) in [4.78, 5) is 29.2. The first kappa shape index (κ1) is 24.1. The van der Waals surface area contributed by atoms with Crippen molar-refractivity contribution in [1.29, 1.82) is 0 Å². The highest BCUT2D eigenvalue weighted by molar-refractivity contribution is 6.36. The number of nitrogens with one attached hydrogen (secondary N) is 1. The predicted octanol–water partition coefficient (Wildman–Crippen LogP) is 6.35. The van der Waals surface area contributed by atoms with Crippen molar-refractivity contribution in [1.82, 2.24) is 0 Å². The third-order valence-corrected chi connectivity index (χ3v) is 5.78. The van der Waals surface area contributed by atoms with Crippen LogP contribution in [0.3, 0.4) is 0 Å². The molecule has 0 fully saturated rings. The van der Waals surface area contributed by atoms with E-state index in [2.05, 4.69) is 10.3 Å². The molecule has 4 aromatic rings. The minimum atomic E-state index is -0.609. The topological polar surface area (TPSA) is 108 Å². The molecule has 4 aromatic carbocycles. The van der Waals surface area contributed by atoms with E-state index in [0.29, 0.717) is 15.8 Å². The Morgan fingerprint density at radius 2 is 1.77 bits per heavy atom. The maximum absolute atomic E-state index is 13.1. The number of fused-ring (bicyclic) bond motifs is 1. The number of aliphatic imine (C=N–C) groups is 1. The molecule has 0 radical (unpaired) electrons. The number of phenols is 2. The first-order valence-corrected chi connectivity index (χ1v) is 11.0. The van der Waals surface area contributed by atoms with E-state index in [0.717, 1.165) is 0 Å². The number of anilines is 1. The molecule has 0 heterocycles. The van der Waals surface area contributed by atoms with Gasteiger partial charge in [0.2, 0.25) is 0 Å². The van der Waals surface area contributed by atoms with E-state index in [4.69, 9.17) is 27.9 Å². The normalized spacial score (nSPS) is 11.1. The van der Waals surface area contributed by atoms with Crippen LogP contribution < -0.4 is 5.32 Å². The Labute approximate surface area is 210 Å². The zero-order chi connectivity index (χ0) is 25.1. The Balaban J connectivity index is 1.79. The molecule has 7 nitrogen and oxygen atoms in total. The van der Waals surface area contributed by atoms with E-state index in [9.17, 15) is 19.8 Å². The highest BCUT2D eigenvalue weighted by Crippen LogP contribution is 2.34. The molecule has 176 valence electrons. The van der Waals surface area contributed by atoms with E-state index in [1.807, 2.05) is 0 Å². The van der Waals surface area contributed by atoms with Crippen LogP contribution in [0.5, 0.6) is 11.5 Å². The molecule has 0 atom stereocenters. The average Bonchev–Trinajstić information content (AvgIpc) is 2.85. The fraction of sp³-hybridized carbons (Fsp3) is 0.0385. The van der Waals surface area contributed by atoms with E-state index in [-0.39, 0.29) is 44.6 Å². The third kappa shape index (κ3) is 5.06. The zero-order valence-corrected chi connectivity index (χ0v) is 19.8. The maximum Gasteiger partial charge on any atom is 0.337 e. The van der Waals surface area contributed by atoms with Crippen molar-refractivity contribution in [3.05, 3.63) is 93.5 Å². The standard InChI is InChI=1S/C26H18Cl2N2O5/c1-35-26(34)15-6-9-23(31)22(11-15)29-13-19-17-5-3-2-4-14(17)10-18(24(19)32)25(33)30-21-12-16(27)7-8-20(21)28/h2-13,31-32H,1H3,(H,30,33). The number of halogens is 2. The Morgan fingerprint density at radius 1 is 1.00 bits per heavy atom. The molecule has 0 bridgehead atoms. The minimum absolute atomic E-state index is 0.0197. The van der Waals surface area contributed by atoms with Gasteiger partial charge < -0.3 is 20.3 Å². The van der Waals surface area contributed by atoms with Crippen LogP contribution in [0, 0.1) is 0 Å². The molecule has 0 aliphatic carbocycles. The number of nitrogens with zero attached hydrogens (tertiary/aromatic N) is 1. The van der Waals surface area contributed by atoms with Gasteiger partial charge in [0.05, 0.1) is 28.9 Å².